The van der Waals surface area contributed by atoms with Gasteiger partial charge in [-0.2, -0.15) is 0 Å². The SMILES string of the molecule is O=C(c1ccc(NCc2ccc(F)cc2)cn1)N1CCN(c2ccccn2)CC1. The minimum atomic E-state index is -0.251. The fourth-order valence-electron chi connectivity index (χ4n) is 3.27. The van der Waals surface area contributed by atoms with E-state index in [0.29, 0.717) is 25.3 Å². The highest BCUT2D eigenvalue weighted by molar-refractivity contribution is 5.92. The van der Waals surface area contributed by atoms with Crippen LogP contribution in [0.1, 0.15) is 16.1 Å². The third-order valence-electron chi connectivity index (χ3n) is 4.93. The summed E-state index contributed by atoms with van der Waals surface area (Å²) in [5.74, 6) is 0.629. The van der Waals surface area contributed by atoms with E-state index in [9.17, 15) is 9.18 Å². The zero-order chi connectivity index (χ0) is 20.1. The zero-order valence-electron chi connectivity index (χ0n) is 16.0. The van der Waals surface area contributed by atoms with Crippen LogP contribution in [0.25, 0.3) is 0 Å². The molecular formula is C22H22FN5O. The normalized spacial score (nSPS) is 14.0. The Morgan fingerprint density at radius 1 is 0.966 bits per heavy atom. The lowest BCUT2D eigenvalue weighted by Crippen LogP contribution is -2.49. The van der Waals surface area contributed by atoms with Gasteiger partial charge in [-0.3, -0.25) is 4.79 Å². The number of carbonyl (C=O) groups is 1. The van der Waals surface area contributed by atoms with Gasteiger partial charge < -0.3 is 15.1 Å². The first-order valence-corrected chi connectivity index (χ1v) is 9.59. The van der Waals surface area contributed by atoms with E-state index in [1.54, 1.807) is 30.6 Å². The van der Waals surface area contributed by atoms with Gasteiger partial charge in [0.25, 0.3) is 5.91 Å². The number of nitrogens with one attached hydrogen (secondary N) is 1. The van der Waals surface area contributed by atoms with Gasteiger partial charge in [-0.15, -0.1) is 0 Å². The van der Waals surface area contributed by atoms with Crippen LogP contribution in [0.5, 0.6) is 0 Å². The Morgan fingerprint density at radius 2 is 1.76 bits per heavy atom. The third kappa shape index (κ3) is 4.68. The molecule has 1 N–H and O–H groups in total. The number of benzene rings is 1. The molecule has 2 aromatic heterocycles. The van der Waals surface area contributed by atoms with Crippen LogP contribution < -0.4 is 10.2 Å². The van der Waals surface area contributed by atoms with E-state index in [1.807, 2.05) is 29.2 Å². The largest absolute Gasteiger partial charge is 0.380 e. The fraction of sp³-hybridized carbons (Fsp3) is 0.227. The first kappa shape index (κ1) is 18.9. The maximum absolute atomic E-state index is 13.0. The second-order valence-corrected chi connectivity index (χ2v) is 6.88. The number of nitrogens with zero attached hydrogens (tertiary/aromatic N) is 4. The van der Waals surface area contributed by atoms with Crippen LogP contribution in [-0.4, -0.2) is 47.0 Å². The van der Waals surface area contributed by atoms with Crippen molar-refractivity contribution in [2.24, 2.45) is 0 Å². The number of carbonyl (C=O) groups excluding carboxylic acids is 1. The molecule has 3 aromatic rings. The van der Waals surface area contributed by atoms with E-state index in [1.165, 1.54) is 12.1 Å². The topological polar surface area (TPSA) is 61.4 Å². The zero-order valence-corrected chi connectivity index (χ0v) is 16.0. The smallest absolute Gasteiger partial charge is 0.272 e. The third-order valence-corrected chi connectivity index (χ3v) is 4.93. The Kier molecular flexibility index (Phi) is 5.65. The summed E-state index contributed by atoms with van der Waals surface area (Å²) in [4.78, 5) is 25.4. The number of anilines is 2. The standard InChI is InChI=1S/C22H22FN5O/c23-18-6-4-17(5-7-18)15-25-19-8-9-20(26-16-19)22(29)28-13-11-27(12-14-28)21-3-1-2-10-24-21/h1-10,16,25H,11-15H2. The van der Waals surface area contributed by atoms with Crippen LogP contribution >= 0.6 is 0 Å². The first-order chi connectivity index (χ1) is 14.2. The van der Waals surface area contributed by atoms with Crippen molar-refractivity contribution < 1.29 is 9.18 Å². The van der Waals surface area contributed by atoms with Crippen LogP contribution in [0.3, 0.4) is 0 Å². The van der Waals surface area contributed by atoms with Crippen molar-refractivity contribution in [1.29, 1.82) is 0 Å². The Hall–Kier alpha value is -3.48. The first-order valence-electron chi connectivity index (χ1n) is 9.59. The maximum atomic E-state index is 13.0. The van der Waals surface area contributed by atoms with E-state index < -0.39 is 0 Å². The summed E-state index contributed by atoms with van der Waals surface area (Å²) in [5, 5.41) is 3.23. The van der Waals surface area contributed by atoms with Gasteiger partial charge in [0, 0.05) is 38.9 Å². The molecule has 7 heteroatoms. The van der Waals surface area contributed by atoms with Crippen molar-refractivity contribution in [1.82, 2.24) is 14.9 Å². The second-order valence-electron chi connectivity index (χ2n) is 6.88. The predicted octanol–water partition coefficient (Wildman–Crippen LogP) is 3.19. The molecule has 1 aliphatic heterocycles. The number of piperazine rings is 1. The number of amides is 1. The molecule has 0 bridgehead atoms. The molecule has 3 heterocycles. The molecule has 1 saturated heterocycles. The number of pyridine rings is 2. The summed E-state index contributed by atoms with van der Waals surface area (Å²) in [7, 11) is 0. The molecule has 6 nitrogen and oxygen atoms in total. The summed E-state index contributed by atoms with van der Waals surface area (Å²) in [6.45, 7) is 3.34. The molecule has 1 amide bonds. The summed E-state index contributed by atoms with van der Waals surface area (Å²) in [5.41, 5.74) is 2.21. The van der Waals surface area contributed by atoms with Crippen molar-refractivity contribution in [3.05, 3.63) is 84.1 Å². The van der Waals surface area contributed by atoms with Gasteiger partial charge in [0.1, 0.15) is 17.3 Å². The molecule has 0 spiro atoms. The van der Waals surface area contributed by atoms with Crippen LogP contribution in [0.15, 0.2) is 67.0 Å². The highest BCUT2D eigenvalue weighted by atomic mass is 19.1. The molecule has 1 fully saturated rings. The molecule has 0 saturated carbocycles. The number of hydrogen-bond donors (Lipinski definition) is 1. The number of rotatable bonds is 5. The van der Waals surface area contributed by atoms with E-state index in [-0.39, 0.29) is 11.7 Å². The molecule has 0 unspecified atom stereocenters. The molecule has 148 valence electrons. The van der Waals surface area contributed by atoms with Gasteiger partial charge in [-0.25, -0.2) is 14.4 Å². The monoisotopic (exact) mass is 391 g/mol. The lowest BCUT2D eigenvalue weighted by molar-refractivity contribution is 0.0740. The minimum Gasteiger partial charge on any atom is -0.380 e. The van der Waals surface area contributed by atoms with Crippen LogP contribution in [0.4, 0.5) is 15.9 Å². The Labute approximate surface area is 169 Å². The quantitative estimate of drug-likeness (QED) is 0.724. The average Bonchev–Trinajstić information content (AvgIpc) is 2.79. The molecular weight excluding hydrogens is 369 g/mol. The highest BCUT2D eigenvalue weighted by Gasteiger charge is 2.23. The summed E-state index contributed by atoms with van der Waals surface area (Å²) in [6, 6.07) is 15.8. The van der Waals surface area contributed by atoms with Gasteiger partial charge in [0.2, 0.25) is 0 Å². The van der Waals surface area contributed by atoms with Crippen LogP contribution in [0, 0.1) is 5.82 Å². The maximum Gasteiger partial charge on any atom is 0.272 e. The van der Waals surface area contributed by atoms with Crippen molar-refractivity contribution >= 4 is 17.4 Å². The second kappa shape index (κ2) is 8.68. The molecule has 0 aliphatic carbocycles. The molecule has 29 heavy (non-hydrogen) atoms. The van der Waals surface area contributed by atoms with E-state index in [4.69, 9.17) is 0 Å². The van der Waals surface area contributed by atoms with E-state index >= 15 is 0 Å². The van der Waals surface area contributed by atoms with Crippen molar-refractivity contribution in [2.75, 3.05) is 36.4 Å². The van der Waals surface area contributed by atoms with Crippen LogP contribution in [0.2, 0.25) is 0 Å². The number of halogens is 1. The van der Waals surface area contributed by atoms with Crippen molar-refractivity contribution in [2.45, 2.75) is 6.54 Å². The average molecular weight is 391 g/mol. The fourth-order valence-corrected chi connectivity index (χ4v) is 3.27. The van der Waals surface area contributed by atoms with Crippen molar-refractivity contribution in [3.63, 3.8) is 0 Å². The Morgan fingerprint density at radius 3 is 2.41 bits per heavy atom. The molecule has 0 atom stereocenters. The lowest BCUT2D eigenvalue weighted by Gasteiger charge is -2.35. The number of hydrogen-bond acceptors (Lipinski definition) is 5. The van der Waals surface area contributed by atoms with Gasteiger partial charge in [0.05, 0.1) is 11.9 Å². The minimum absolute atomic E-state index is 0.0595. The Bertz CT molecular complexity index is 939. The molecule has 0 radical (unpaired) electrons. The molecule has 1 aliphatic rings. The highest BCUT2D eigenvalue weighted by Crippen LogP contribution is 2.15. The molecule has 1 aromatic carbocycles. The summed E-state index contributed by atoms with van der Waals surface area (Å²) in [6.07, 6.45) is 3.43. The van der Waals surface area contributed by atoms with Crippen molar-refractivity contribution in [3.8, 4) is 0 Å². The van der Waals surface area contributed by atoms with E-state index in [0.717, 1.165) is 30.2 Å². The van der Waals surface area contributed by atoms with Gasteiger partial charge in [0.15, 0.2) is 0 Å². The van der Waals surface area contributed by atoms with Crippen LogP contribution in [-0.2, 0) is 6.54 Å². The predicted molar refractivity (Wildman–Crippen MR) is 110 cm³/mol. The van der Waals surface area contributed by atoms with Gasteiger partial charge >= 0.3 is 0 Å². The molecule has 4 rings (SSSR count). The van der Waals surface area contributed by atoms with Gasteiger partial charge in [-0.1, -0.05) is 18.2 Å². The lowest BCUT2D eigenvalue weighted by atomic mass is 10.2. The summed E-state index contributed by atoms with van der Waals surface area (Å²) < 4.78 is 13.0. The summed E-state index contributed by atoms with van der Waals surface area (Å²) >= 11 is 0. The van der Waals surface area contributed by atoms with Gasteiger partial charge in [-0.05, 0) is 42.0 Å². The van der Waals surface area contributed by atoms with E-state index in [2.05, 4.69) is 20.2 Å². The number of aromatic nitrogens is 2. The Balaban J connectivity index is 1.31.